The van der Waals surface area contributed by atoms with Crippen molar-refractivity contribution in [3.8, 4) is 0 Å². The maximum Gasteiger partial charge on any atom is 0.0499 e. The molecule has 0 aromatic carbocycles. The van der Waals surface area contributed by atoms with Gasteiger partial charge in [0.15, 0.2) is 0 Å². The number of methoxy groups -OCH3 is 1. The van der Waals surface area contributed by atoms with Crippen molar-refractivity contribution in [2.24, 2.45) is 0 Å². The molecule has 1 nitrogen and oxygen atoms in total. The van der Waals surface area contributed by atoms with E-state index >= 15 is 0 Å². The first-order valence-electron chi connectivity index (χ1n) is 3.01. The third kappa shape index (κ3) is 5.87. The van der Waals surface area contributed by atoms with Crippen LogP contribution in [-0.2, 0) is 4.74 Å². The highest BCUT2D eigenvalue weighted by atomic mass is 35.5. The molecule has 0 aromatic rings. The van der Waals surface area contributed by atoms with E-state index in [4.69, 9.17) is 16.3 Å². The van der Waals surface area contributed by atoms with Gasteiger partial charge in [-0.3, -0.25) is 0 Å². The summed E-state index contributed by atoms with van der Waals surface area (Å²) in [6, 6.07) is 0. The lowest BCUT2D eigenvalue weighted by molar-refractivity contribution is 0.202. The van der Waals surface area contributed by atoms with Crippen LogP contribution in [0.4, 0.5) is 0 Å². The number of rotatable bonds is 4. The predicted molar refractivity (Wildman–Crippen MR) is 41.0 cm³/mol. The van der Waals surface area contributed by atoms with Gasteiger partial charge >= 0.3 is 0 Å². The van der Waals surface area contributed by atoms with Crippen molar-refractivity contribution >= 4 is 11.6 Å². The average molecular weight is 149 g/mol. The van der Waals surface area contributed by atoms with Crippen LogP contribution < -0.4 is 0 Å². The highest BCUT2D eigenvalue weighted by Crippen LogP contribution is 1.99. The molecular formula is C7H13ClO. The third-order valence-corrected chi connectivity index (χ3v) is 1.28. The fourth-order valence-corrected chi connectivity index (χ4v) is 0.760. The van der Waals surface area contributed by atoms with Gasteiger partial charge in [0.2, 0.25) is 0 Å². The van der Waals surface area contributed by atoms with Gasteiger partial charge in [0, 0.05) is 19.6 Å². The number of ether oxygens (including phenoxy) is 1. The molecule has 0 fully saturated rings. The molecule has 9 heavy (non-hydrogen) atoms. The van der Waals surface area contributed by atoms with E-state index in [2.05, 4.69) is 6.92 Å². The van der Waals surface area contributed by atoms with Gasteiger partial charge in [-0.25, -0.2) is 0 Å². The van der Waals surface area contributed by atoms with E-state index in [9.17, 15) is 0 Å². The fraction of sp³-hybridized carbons (Fsp3) is 0.714. The van der Waals surface area contributed by atoms with Crippen molar-refractivity contribution in [3.05, 3.63) is 11.6 Å². The second kappa shape index (κ2) is 6.12. The number of hydrogen-bond acceptors (Lipinski definition) is 1. The Morgan fingerprint density at radius 2 is 2.33 bits per heavy atom. The fourth-order valence-electron chi connectivity index (χ4n) is 0.497. The van der Waals surface area contributed by atoms with Gasteiger partial charge in [0.25, 0.3) is 0 Å². The topological polar surface area (TPSA) is 9.23 Å². The first kappa shape index (κ1) is 8.99. The lowest BCUT2D eigenvalue weighted by Gasteiger charge is -1.97. The van der Waals surface area contributed by atoms with Gasteiger partial charge in [-0.2, -0.15) is 0 Å². The smallest absolute Gasteiger partial charge is 0.0499 e. The minimum Gasteiger partial charge on any atom is -0.384 e. The van der Waals surface area contributed by atoms with Crippen molar-refractivity contribution in [3.63, 3.8) is 0 Å². The number of allylic oxidation sites excluding steroid dienone is 1. The van der Waals surface area contributed by atoms with Crippen LogP contribution >= 0.6 is 11.6 Å². The Morgan fingerprint density at radius 3 is 2.78 bits per heavy atom. The quantitative estimate of drug-likeness (QED) is 0.439. The zero-order chi connectivity index (χ0) is 7.11. The third-order valence-electron chi connectivity index (χ3n) is 1.13. The van der Waals surface area contributed by atoms with E-state index in [0.717, 1.165) is 13.0 Å². The van der Waals surface area contributed by atoms with Gasteiger partial charge in [0.1, 0.15) is 0 Å². The van der Waals surface area contributed by atoms with Crippen molar-refractivity contribution in [2.45, 2.75) is 13.3 Å². The van der Waals surface area contributed by atoms with Crippen LogP contribution in [0.25, 0.3) is 0 Å². The van der Waals surface area contributed by atoms with Crippen molar-refractivity contribution in [1.29, 1.82) is 0 Å². The number of alkyl halides is 1. The molecule has 0 rings (SSSR count). The van der Waals surface area contributed by atoms with E-state index < -0.39 is 0 Å². The Hall–Kier alpha value is -0.0100. The van der Waals surface area contributed by atoms with E-state index in [-0.39, 0.29) is 0 Å². The molecule has 0 aliphatic heterocycles. The SMILES string of the molecule is COCC/C(C)=C/CCl. The van der Waals surface area contributed by atoms with Crippen LogP contribution in [-0.4, -0.2) is 19.6 Å². The normalized spacial score (nSPS) is 12.1. The van der Waals surface area contributed by atoms with Gasteiger partial charge in [-0.15, -0.1) is 11.6 Å². The van der Waals surface area contributed by atoms with Gasteiger partial charge < -0.3 is 4.74 Å². The first-order chi connectivity index (χ1) is 4.31. The summed E-state index contributed by atoms with van der Waals surface area (Å²) in [5, 5.41) is 0. The van der Waals surface area contributed by atoms with Crippen LogP contribution in [0.1, 0.15) is 13.3 Å². The molecule has 0 amide bonds. The predicted octanol–water partition coefficient (Wildman–Crippen LogP) is 2.21. The standard InChI is InChI=1S/C7H13ClO/c1-7(3-5-8)4-6-9-2/h3H,4-6H2,1-2H3/b7-3+. The van der Waals surface area contributed by atoms with Crippen LogP contribution in [0.15, 0.2) is 11.6 Å². The molecule has 0 atom stereocenters. The molecular weight excluding hydrogens is 136 g/mol. The first-order valence-corrected chi connectivity index (χ1v) is 3.55. The van der Waals surface area contributed by atoms with Crippen molar-refractivity contribution in [2.75, 3.05) is 19.6 Å². The van der Waals surface area contributed by atoms with Gasteiger partial charge in [0.05, 0.1) is 0 Å². The maximum absolute atomic E-state index is 5.46. The molecule has 0 unspecified atom stereocenters. The van der Waals surface area contributed by atoms with Crippen LogP contribution in [0.3, 0.4) is 0 Å². The Kier molecular flexibility index (Phi) is 6.11. The molecule has 0 saturated carbocycles. The maximum atomic E-state index is 5.46. The molecule has 0 saturated heterocycles. The lowest BCUT2D eigenvalue weighted by Crippen LogP contribution is -1.88. The van der Waals surface area contributed by atoms with Crippen LogP contribution in [0, 0.1) is 0 Å². The summed E-state index contributed by atoms with van der Waals surface area (Å²) >= 11 is 5.46. The van der Waals surface area contributed by atoms with Crippen LogP contribution in [0.5, 0.6) is 0 Å². The van der Waals surface area contributed by atoms with E-state index in [1.54, 1.807) is 7.11 Å². The van der Waals surface area contributed by atoms with Crippen molar-refractivity contribution < 1.29 is 4.74 Å². The monoisotopic (exact) mass is 148 g/mol. The zero-order valence-corrected chi connectivity index (χ0v) is 6.74. The second-order valence-corrected chi connectivity index (χ2v) is 2.26. The largest absolute Gasteiger partial charge is 0.384 e. The molecule has 0 aliphatic carbocycles. The summed E-state index contributed by atoms with van der Waals surface area (Å²) in [4.78, 5) is 0. The molecule has 0 bridgehead atoms. The van der Waals surface area contributed by atoms with E-state index in [1.807, 2.05) is 6.08 Å². The Balaban J connectivity index is 3.25. The molecule has 0 heterocycles. The van der Waals surface area contributed by atoms with Crippen LogP contribution in [0.2, 0.25) is 0 Å². The molecule has 0 spiro atoms. The summed E-state index contributed by atoms with van der Waals surface area (Å²) in [6.45, 7) is 2.85. The van der Waals surface area contributed by atoms with E-state index in [0.29, 0.717) is 5.88 Å². The summed E-state index contributed by atoms with van der Waals surface area (Å²) in [5.74, 6) is 0.607. The van der Waals surface area contributed by atoms with Gasteiger partial charge in [-0.1, -0.05) is 11.6 Å². The summed E-state index contributed by atoms with van der Waals surface area (Å²) in [6.07, 6.45) is 2.99. The number of halogens is 1. The Labute approximate surface area is 61.7 Å². The zero-order valence-electron chi connectivity index (χ0n) is 5.98. The molecule has 2 heteroatoms. The molecule has 0 aromatic heterocycles. The Bertz CT molecular complexity index is 88.9. The van der Waals surface area contributed by atoms with E-state index in [1.165, 1.54) is 5.57 Å². The average Bonchev–Trinajstić information content (AvgIpc) is 1.85. The van der Waals surface area contributed by atoms with Gasteiger partial charge in [-0.05, 0) is 13.3 Å². The summed E-state index contributed by atoms with van der Waals surface area (Å²) in [7, 11) is 1.70. The second-order valence-electron chi connectivity index (χ2n) is 1.95. The highest BCUT2D eigenvalue weighted by molar-refractivity contribution is 6.18. The molecule has 54 valence electrons. The molecule has 0 N–H and O–H groups in total. The summed E-state index contributed by atoms with van der Waals surface area (Å²) in [5.41, 5.74) is 1.30. The highest BCUT2D eigenvalue weighted by Gasteiger charge is 1.86. The minimum atomic E-state index is 0.607. The molecule has 0 aliphatic rings. The lowest BCUT2D eigenvalue weighted by atomic mass is 10.2. The Morgan fingerprint density at radius 1 is 1.67 bits per heavy atom. The minimum absolute atomic E-state index is 0.607. The summed E-state index contributed by atoms with van der Waals surface area (Å²) < 4.78 is 4.87. The number of hydrogen-bond donors (Lipinski definition) is 0. The van der Waals surface area contributed by atoms with Crippen molar-refractivity contribution in [1.82, 2.24) is 0 Å². The molecule has 0 radical (unpaired) electrons.